The third-order valence-corrected chi connectivity index (χ3v) is 3.65. The minimum absolute atomic E-state index is 0.0356. The number of aromatic nitrogens is 1. The van der Waals surface area contributed by atoms with Crippen molar-refractivity contribution in [3.63, 3.8) is 0 Å². The summed E-state index contributed by atoms with van der Waals surface area (Å²) in [6.45, 7) is 1.97. The molecule has 3 nitrogen and oxygen atoms in total. The van der Waals surface area contributed by atoms with Crippen LogP contribution in [0.2, 0.25) is 5.02 Å². The van der Waals surface area contributed by atoms with E-state index in [0.29, 0.717) is 5.02 Å². The molecular formula is C16H15ClN2O. The van der Waals surface area contributed by atoms with Crippen molar-refractivity contribution in [2.45, 2.75) is 13.0 Å². The molecular weight excluding hydrogens is 272 g/mol. The van der Waals surface area contributed by atoms with Crippen LogP contribution in [-0.2, 0) is 0 Å². The van der Waals surface area contributed by atoms with Gasteiger partial charge in [0.2, 0.25) is 0 Å². The standard InChI is InChI=1S/C16H15ClN2O/c1-10-6-7-12(9-19-10)15(18-2)14-8-11-4-3-5-13(17)16(11)20-14/h3-9,15,18H,1-2H3. The minimum Gasteiger partial charge on any atom is -0.457 e. The van der Waals surface area contributed by atoms with E-state index < -0.39 is 0 Å². The maximum Gasteiger partial charge on any atom is 0.152 e. The summed E-state index contributed by atoms with van der Waals surface area (Å²) >= 11 is 6.16. The predicted molar refractivity (Wildman–Crippen MR) is 81.1 cm³/mol. The Balaban J connectivity index is 2.07. The van der Waals surface area contributed by atoms with E-state index in [1.54, 1.807) is 0 Å². The Morgan fingerprint density at radius 2 is 2.10 bits per heavy atom. The second-order valence-corrected chi connectivity index (χ2v) is 5.17. The number of fused-ring (bicyclic) bond motifs is 1. The van der Waals surface area contributed by atoms with E-state index in [4.69, 9.17) is 16.0 Å². The van der Waals surface area contributed by atoms with E-state index in [2.05, 4.69) is 16.4 Å². The van der Waals surface area contributed by atoms with Crippen LogP contribution in [0.3, 0.4) is 0 Å². The van der Waals surface area contributed by atoms with Crippen molar-refractivity contribution in [1.29, 1.82) is 0 Å². The average molecular weight is 287 g/mol. The highest BCUT2D eigenvalue weighted by Crippen LogP contribution is 2.31. The zero-order chi connectivity index (χ0) is 14.1. The molecule has 0 saturated carbocycles. The summed E-state index contributed by atoms with van der Waals surface area (Å²) in [6.07, 6.45) is 1.87. The molecule has 0 aliphatic heterocycles. The lowest BCUT2D eigenvalue weighted by atomic mass is 10.1. The van der Waals surface area contributed by atoms with Gasteiger partial charge in [-0.1, -0.05) is 29.8 Å². The monoisotopic (exact) mass is 286 g/mol. The number of nitrogens with one attached hydrogen (secondary N) is 1. The molecule has 102 valence electrons. The van der Waals surface area contributed by atoms with Crippen LogP contribution in [0.5, 0.6) is 0 Å². The first-order chi connectivity index (χ1) is 9.69. The quantitative estimate of drug-likeness (QED) is 0.788. The number of pyridine rings is 1. The van der Waals surface area contributed by atoms with Crippen LogP contribution in [0, 0.1) is 6.92 Å². The number of furan rings is 1. The first kappa shape index (κ1) is 13.2. The molecule has 1 aromatic carbocycles. The van der Waals surface area contributed by atoms with E-state index >= 15 is 0 Å². The van der Waals surface area contributed by atoms with Crippen molar-refractivity contribution in [3.05, 3.63) is 64.6 Å². The van der Waals surface area contributed by atoms with Gasteiger partial charge in [0.15, 0.2) is 5.58 Å². The second kappa shape index (κ2) is 5.27. The third-order valence-electron chi connectivity index (χ3n) is 3.36. The van der Waals surface area contributed by atoms with Crippen molar-refractivity contribution in [1.82, 2.24) is 10.3 Å². The molecule has 0 spiro atoms. The van der Waals surface area contributed by atoms with Gasteiger partial charge < -0.3 is 9.73 Å². The van der Waals surface area contributed by atoms with Crippen LogP contribution in [0.15, 0.2) is 47.0 Å². The topological polar surface area (TPSA) is 38.1 Å². The van der Waals surface area contributed by atoms with Gasteiger partial charge in [0.25, 0.3) is 0 Å². The van der Waals surface area contributed by atoms with Gasteiger partial charge in [-0.2, -0.15) is 0 Å². The maximum absolute atomic E-state index is 6.16. The fourth-order valence-corrected chi connectivity index (χ4v) is 2.53. The van der Waals surface area contributed by atoms with E-state index in [0.717, 1.165) is 28.0 Å². The molecule has 1 atom stereocenters. The Hall–Kier alpha value is -1.84. The summed E-state index contributed by atoms with van der Waals surface area (Å²) in [5, 5.41) is 4.90. The van der Waals surface area contributed by atoms with Gasteiger partial charge >= 0.3 is 0 Å². The van der Waals surface area contributed by atoms with E-state index in [-0.39, 0.29) is 6.04 Å². The van der Waals surface area contributed by atoms with Gasteiger partial charge in [-0.05, 0) is 37.7 Å². The zero-order valence-corrected chi connectivity index (χ0v) is 12.1. The summed E-state index contributed by atoms with van der Waals surface area (Å²) < 4.78 is 5.91. The molecule has 0 aliphatic rings. The molecule has 3 rings (SSSR count). The van der Waals surface area contributed by atoms with Crippen molar-refractivity contribution >= 4 is 22.6 Å². The molecule has 1 unspecified atom stereocenters. The number of aryl methyl sites for hydroxylation is 1. The highest BCUT2D eigenvalue weighted by Gasteiger charge is 2.17. The summed E-state index contributed by atoms with van der Waals surface area (Å²) in [5.41, 5.74) is 2.79. The molecule has 20 heavy (non-hydrogen) atoms. The van der Waals surface area contributed by atoms with Crippen molar-refractivity contribution < 1.29 is 4.42 Å². The molecule has 0 amide bonds. The van der Waals surface area contributed by atoms with Crippen LogP contribution in [0.25, 0.3) is 11.0 Å². The van der Waals surface area contributed by atoms with E-state index in [9.17, 15) is 0 Å². The van der Waals surface area contributed by atoms with Gasteiger partial charge in [0.1, 0.15) is 5.76 Å². The molecule has 0 aliphatic carbocycles. The van der Waals surface area contributed by atoms with Crippen LogP contribution in [-0.4, -0.2) is 12.0 Å². The number of benzene rings is 1. The zero-order valence-electron chi connectivity index (χ0n) is 11.4. The van der Waals surface area contributed by atoms with E-state index in [1.807, 2.05) is 50.5 Å². The molecule has 2 heterocycles. The van der Waals surface area contributed by atoms with Gasteiger partial charge in [0, 0.05) is 17.3 Å². The highest BCUT2D eigenvalue weighted by molar-refractivity contribution is 6.34. The lowest BCUT2D eigenvalue weighted by Gasteiger charge is -2.13. The van der Waals surface area contributed by atoms with Crippen LogP contribution < -0.4 is 5.32 Å². The fourth-order valence-electron chi connectivity index (χ4n) is 2.31. The Kier molecular flexibility index (Phi) is 3.47. The number of hydrogen-bond acceptors (Lipinski definition) is 3. The molecule has 0 radical (unpaired) electrons. The molecule has 0 fully saturated rings. The highest BCUT2D eigenvalue weighted by atomic mass is 35.5. The molecule has 1 N–H and O–H groups in total. The lowest BCUT2D eigenvalue weighted by Crippen LogP contribution is -2.17. The van der Waals surface area contributed by atoms with Crippen LogP contribution >= 0.6 is 11.6 Å². The average Bonchev–Trinajstić information content (AvgIpc) is 2.87. The number of hydrogen-bond donors (Lipinski definition) is 1. The van der Waals surface area contributed by atoms with Crippen molar-refractivity contribution in [2.24, 2.45) is 0 Å². The summed E-state index contributed by atoms with van der Waals surface area (Å²) in [4.78, 5) is 4.34. The van der Waals surface area contributed by atoms with Crippen LogP contribution in [0.1, 0.15) is 23.1 Å². The number of rotatable bonds is 3. The second-order valence-electron chi connectivity index (χ2n) is 4.76. The molecule has 0 saturated heterocycles. The maximum atomic E-state index is 6.16. The first-order valence-electron chi connectivity index (χ1n) is 6.47. The Morgan fingerprint density at radius 3 is 2.75 bits per heavy atom. The molecule has 2 aromatic heterocycles. The number of para-hydroxylation sites is 1. The Labute approximate surface area is 122 Å². The summed E-state index contributed by atoms with van der Waals surface area (Å²) in [7, 11) is 1.90. The molecule has 0 bridgehead atoms. The number of nitrogens with zero attached hydrogens (tertiary/aromatic N) is 1. The largest absolute Gasteiger partial charge is 0.457 e. The van der Waals surface area contributed by atoms with Gasteiger partial charge in [-0.3, -0.25) is 4.98 Å². The Morgan fingerprint density at radius 1 is 1.25 bits per heavy atom. The molecule has 4 heteroatoms. The Bertz CT molecular complexity index is 734. The lowest BCUT2D eigenvalue weighted by molar-refractivity contribution is 0.491. The summed E-state index contributed by atoms with van der Waals surface area (Å²) in [6, 6.07) is 11.8. The normalized spacial score (nSPS) is 12.8. The SMILES string of the molecule is CNC(c1ccc(C)nc1)c1cc2cccc(Cl)c2o1. The van der Waals surface area contributed by atoms with Crippen LogP contribution in [0.4, 0.5) is 0 Å². The van der Waals surface area contributed by atoms with Gasteiger partial charge in [0.05, 0.1) is 11.1 Å². The third kappa shape index (κ3) is 2.30. The smallest absolute Gasteiger partial charge is 0.152 e. The van der Waals surface area contributed by atoms with Gasteiger partial charge in [-0.15, -0.1) is 0 Å². The summed E-state index contributed by atoms with van der Waals surface area (Å²) in [5.74, 6) is 0.834. The fraction of sp³-hybridized carbons (Fsp3) is 0.188. The predicted octanol–water partition coefficient (Wildman–Crippen LogP) is 4.10. The van der Waals surface area contributed by atoms with Crippen molar-refractivity contribution in [2.75, 3.05) is 7.05 Å². The minimum atomic E-state index is -0.0356. The van der Waals surface area contributed by atoms with E-state index in [1.165, 1.54) is 0 Å². The van der Waals surface area contributed by atoms with Gasteiger partial charge in [-0.25, -0.2) is 0 Å². The number of halogens is 1. The first-order valence-corrected chi connectivity index (χ1v) is 6.84. The molecule has 3 aromatic rings. The van der Waals surface area contributed by atoms with Crippen molar-refractivity contribution in [3.8, 4) is 0 Å².